The lowest BCUT2D eigenvalue weighted by Crippen LogP contribution is -2.41. The van der Waals surface area contributed by atoms with Crippen molar-refractivity contribution in [2.24, 2.45) is 21.5 Å². The highest BCUT2D eigenvalue weighted by Crippen LogP contribution is 2.08. The van der Waals surface area contributed by atoms with Crippen LogP contribution in [0.4, 0.5) is 0 Å². The Labute approximate surface area is 64.0 Å². The third kappa shape index (κ3) is 1.27. The number of hydrogen-bond acceptors (Lipinski definition) is 4. The van der Waals surface area contributed by atoms with E-state index in [4.69, 9.17) is 23.1 Å². The van der Waals surface area contributed by atoms with Crippen LogP contribution in [0.15, 0.2) is 9.98 Å². The smallest absolute Gasteiger partial charge is 0.216 e. The Balaban J connectivity index is 2.85. The maximum Gasteiger partial charge on any atom is 0.216 e. The van der Waals surface area contributed by atoms with E-state index in [0.29, 0.717) is 0 Å². The number of hydrogen-bond donors (Lipinski definition) is 2. The Morgan fingerprint density at radius 1 is 1.60 bits per heavy atom. The SMILES string of the molecule is CC1=NC(N)=NC(Cl)C1N. The monoisotopic (exact) mass is 160 g/mol. The van der Waals surface area contributed by atoms with Gasteiger partial charge < -0.3 is 11.5 Å². The van der Waals surface area contributed by atoms with Crippen molar-refractivity contribution in [3.05, 3.63) is 0 Å². The zero-order chi connectivity index (χ0) is 7.72. The van der Waals surface area contributed by atoms with Crippen molar-refractivity contribution in [1.29, 1.82) is 0 Å². The number of nitrogens with two attached hydrogens (primary N) is 2. The fourth-order valence-electron chi connectivity index (χ4n) is 0.690. The largest absolute Gasteiger partial charge is 0.368 e. The van der Waals surface area contributed by atoms with Crippen molar-refractivity contribution in [3.63, 3.8) is 0 Å². The Hall–Kier alpha value is -0.610. The van der Waals surface area contributed by atoms with Crippen molar-refractivity contribution in [1.82, 2.24) is 0 Å². The first kappa shape index (κ1) is 7.50. The van der Waals surface area contributed by atoms with E-state index in [9.17, 15) is 0 Å². The van der Waals surface area contributed by atoms with E-state index < -0.39 is 5.50 Å². The van der Waals surface area contributed by atoms with Gasteiger partial charge in [-0.05, 0) is 6.92 Å². The number of alkyl halides is 1. The number of rotatable bonds is 0. The third-order valence-corrected chi connectivity index (χ3v) is 1.69. The summed E-state index contributed by atoms with van der Waals surface area (Å²) in [6, 6.07) is -0.297. The van der Waals surface area contributed by atoms with E-state index in [1.165, 1.54) is 0 Å². The van der Waals surface area contributed by atoms with Crippen LogP contribution in [0.3, 0.4) is 0 Å². The highest BCUT2D eigenvalue weighted by atomic mass is 35.5. The highest BCUT2D eigenvalue weighted by Gasteiger charge is 2.20. The highest BCUT2D eigenvalue weighted by molar-refractivity contribution is 6.24. The van der Waals surface area contributed by atoms with Crippen molar-refractivity contribution in [2.75, 3.05) is 0 Å². The molecular formula is C5H9ClN4. The van der Waals surface area contributed by atoms with Crippen molar-refractivity contribution >= 4 is 23.3 Å². The van der Waals surface area contributed by atoms with Crippen LogP contribution < -0.4 is 11.5 Å². The van der Waals surface area contributed by atoms with Crippen LogP contribution in [0.5, 0.6) is 0 Å². The fraction of sp³-hybridized carbons (Fsp3) is 0.600. The molecule has 1 aliphatic heterocycles. The van der Waals surface area contributed by atoms with Crippen molar-refractivity contribution in [2.45, 2.75) is 18.5 Å². The van der Waals surface area contributed by atoms with Gasteiger partial charge >= 0.3 is 0 Å². The van der Waals surface area contributed by atoms with E-state index in [1.54, 1.807) is 6.92 Å². The normalized spacial score (nSPS) is 33.1. The quantitative estimate of drug-likeness (QED) is 0.376. The fourth-order valence-corrected chi connectivity index (χ4v) is 0.972. The molecule has 0 radical (unpaired) electrons. The molecule has 0 aromatic carbocycles. The summed E-state index contributed by atoms with van der Waals surface area (Å²) in [6.07, 6.45) is 0. The maximum atomic E-state index is 5.68. The molecule has 0 bridgehead atoms. The Kier molecular flexibility index (Phi) is 1.92. The van der Waals surface area contributed by atoms with Gasteiger partial charge in [-0.15, -0.1) is 0 Å². The van der Waals surface area contributed by atoms with Gasteiger partial charge in [0, 0.05) is 5.71 Å². The molecule has 0 aromatic heterocycles. The summed E-state index contributed by atoms with van der Waals surface area (Å²) in [5.41, 5.74) is 11.1. The molecule has 2 unspecified atom stereocenters. The van der Waals surface area contributed by atoms with Gasteiger partial charge in [-0.2, -0.15) is 0 Å². The average Bonchev–Trinajstić information content (AvgIpc) is 1.82. The molecule has 0 aliphatic carbocycles. The molecule has 10 heavy (non-hydrogen) atoms. The van der Waals surface area contributed by atoms with E-state index in [2.05, 4.69) is 9.98 Å². The molecule has 4 nitrogen and oxygen atoms in total. The van der Waals surface area contributed by atoms with Crippen molar-refractivity contribution in [3.8, 4) is 0 Å². The number of halogens is 1. The Morgan fingerprint density at radius 2 is 2.20 bits per heavy atom. The molecule has 0 saturated carbocycles. The summed E-state index contributed by atoms with van der Waals surface area (Å²) < 4.78 is 0. The standard InChI is InChI=1S/C5H9ClN4/c1-2-3(7)4(6)10-5(8)9-2/h3-4H,7H2,1H3,(H2,8,10). The third-order valence-electron chi connectivity index (χ3n) is 1.33. The van der Waals surface area contributed by atoms with Crippen LogP contribution in [-0.2, 0) is 0 Å². The first-order valence-corrected chi connectivity index (χ1v) is 3.33. The van der Waals surface area contributed by atoms with Gasteiger partial charge in [0.05, 0.1) is 6.04 Å². The molecule has 2 atom stereocenters. The van der Waals surface area contributed by atoms with E-state index in [0.717, 1.165) is 5.71 Å². The first-order valence-electron chi connectivity index (χ1n) is 2.89. The summed E-state index contributed by atoms with van der Waals surface area (Å²) in [6.45, 7) is 1.78. The van der Waals surface area contributed by atoms with E-state index in [1.807, 2.05) is 0 Å². The van der Waals surface area contributed by atoms with Crippen LogP contribution in [0, 0.1) is 0 Å². The molecule has 1 heterocycles. The zero-order valence-corrected chi connectivity index (χ0v) is 6.34. The Bertz CT molecular complexity index is 198. The predicted octanol–water partition coefficient (Wildman–Crippen LogP) is -0.332. The summed E-state index contributed by atoms with van der Waals surface area (Å²) in [5, 5.41) is 0. The number of nitrogens with zero attached hydrogens (tertiary/aromatic N) is 2. The van der Waals surface area contributed by atoms with Crippen LogP contribution in [0.1, 0.15) is 6.92 Å². The molecule has 56 valence electrons. The summed E-state index contributed by atoms with van der Waals surface area (Å²) in [4.78, 5) is 7.61. The van der Waals surface area contributed by atoms with E-state index in [-0.39, 0.29) is 12.0 Å². The predicted molar refractivity (Wildman–Crippen MR) is 42.3 cm³/mol. The molecule has 0 saturated heterocycles. The lowest BCUT2D eigenvalue weighted by atomic mass is 10.2. The maximum absolute atomic E-state index is 5.68. The van der Waals surface area contributed by atoms with Gasteiger partial charge in [-0.1, -0.05) is 11.6 Å². The van der Waals surface area contributed by atoms with Gasteiger partial charge in [0.25, 0.3) is 0 Å². The molecule has 0 amide bonds. The van der Waals surface area contributed by atoms with Gasteiger partial charge in [0.1, 0.15) is 5.50 Å². The van der Waals surface area contributed by atoms with Crippen LogP contribution in [0.2, 0.25) is 0 Å². The van der Waals surface area contributed by atoms with Crippen LogP contribution in [-0.4, -0.2) is 23.2 Å². The van der Waals surface area contributed by atoms with Gasteiger partial charge in [0.15, 0.2) is 0 Å². The summed E-state index contributed by atoms with van der Waals surface area (Å²) in [7, 11) is 0. The minimum absolute atomic E-state index is 0.208. The van der Waals surface area contributed by atoms with Gasteiger partial charge in [0.2, 0.25) is 5.96 Å². The first-order chi connectivity index (χ1) is 4.61. The average molecular weight is 161 g/mol. The molecule has 4 N–H and O–H groups in total. The van der Waals surface area contributed by atoms with E-state index >= 15 is 0 Å². The molecule has 1 aliphatic rings. The summed E-state index contributed by atoms with van der Waals surface area (Å²) in [5.74, 6) is 0.208. The second-order valence-corrected chi connectivity index (χ2v) is 2.59. The lowest BCUT2D eigenvalue weighted by Gasteiger charge is -2.18. The van der Waals surface area contributed by atoms with Crippen LogP contribution >= 0.6 is 11.6 Å². The molecule has 0 fully saturated rings. The Morgan fingerprint density at radius 3 is 2.70 bits per heavy atom. The topological polar surface area (TPSA) is 76.8 Å². The molecule has 5 heteroatoms. The number of guanidine groups is 1. The molecule has 0 aromatic rings. The number of aliphatic imine (C=N–C) groups is 2. The minimum atomic E-state index is -0.461. The van der Waals surface area contributed by atoms with Crippen molar-refractivity contribution < 1.29 is 0 Å². The minimum Gasteiger partial charge on any atom is -0.368 e. The zero-order valence-electron chi connectivity index (χ0n) is 5.58. The van der Waals surface area contributed by atoms with Gasteiger partial charge in [-0.3, -0.25) is 0 Å². The summed E-state index contributed by atoms with van der Waals surface area (Å²) >= 11 is 5.68. The van der Waals surface area contributed by atoms with Gasteiger partial charge in [-0.25, -0.2) is 9.98 Å². The van der Waals surface area contributed by atoms with Crippen LogP contribution in [0.25, 0.3) is 0 Å². The molecule has 1 rings (SSSR count). The lowest BCUT2D eigenvalue weighted by molar-refractivity contribution is 0.781. The second kappa shape index (κ2) is 2.56. The molecular weight excluding hydrogens is 152 g/mol. The molecule has 0 spiro atoms. The second-order valence-electron chi connectivity index (χ2n) is 2.14.